The van der Waals surface area contributed by atoms with E-state index in [9.17, 15) is 8.60 Å². The van der Waals surface area contributed by atoms with Gasteiger partial charge in [-0.15, -0.1) is 0 Å². The Hall–Kier alpha value is -0.780. The Morgan fingerprint density at radius 2 is 1.89 bits per heavy atom. The molecule has 0 fully saturated rings. The maximum Gasteiger partial charge on any atom is 0.152 e. The van der Waals surface area contributed by atoms with Gasteiger partial charge in [0.2, 0.25) is 0 Å². The minimum atomic E-state index is -1.88. The Bertz CT molecular complexity index is 364. The van der Waals surface area contributed by atoms with Gasteiger partial charge < -0.3 is 10.3 Å². The van der Waals surface area contributed by atoms with Gasteiger partial charge in [0, 0.05) is 6.54 Å². The standard InChI is InChI=1S/C9H10.C4H10FNO2S/c1-2-5-9-7-3-6-8(9)4-1;5-4(3-6)1-2-9(7)8/h1-2,4-5H,3,6-7H2;4H,1-3,6H2,(H,7,8). The van der Waals surface area contributed by atoms with E-state index in [4.69, 9.17) is 10.3 Å². The maximum atomic E-state index is 12.1. The fourth-order valence-electron chi connectivity index (χ4n) is 1.86. The number of aryl methyl sites for hydroxylation is 2. The number of alkyl halides is 1. The third kappa shape index (κ3) is 5.71. The van der Waals surface area contributed by atoms with E-state index >= 15 is 0 Å². The highest BCUT2D eigenvalue weighted by Gasteiger charge is 2.07. The summed E-state index contributed by atoms with van der Waals surface area (Å²) < 4.78 is 30.2. The van der Waals surface area contributed by atoms with Crippen molar-refractivity contribution < 1.29 is 13.2 Å². The average Bonchev–Trinajstić information content (AvgIpc) is 2.84. The topological polar surface area (TPSA) is 63.3 Å². The van der Waals surface area contributed by atoms with Crippen LogP contribution in [0.15, 0.2) is 24.3 Å². The lowest BCUT2D eigenvalue weighted by Gasteiger charge is -2.00. The van der Waals surface area contributed by atoms with E-state index in [-0.39, 0.29) is 18.7 Å². The van der Waals surface area contributed by atoms with Crippen LogP contribution in [0.4, 0.5) is 4.39 Å². The molecule has 0 radical (unpaired) electrons. The van der Waals surface area contributed by atoms with Crippen molar-refractivity contribution >= 4 is 11.1 Å². The lowest BCUT2D eigenvalue weighted by Crippen LogP contribution is -2.17. The molecule has 0 spiro atoms. The van der Waals surface area contributed by atoms with E-state index < -0.39 is 17.3 Å². The number of hydrogen-bond acceptors (Lipinski definition) is 2. The molecule has 2 unspecified atom stereocenters. The number of halogens is 1. The van der Waals surface area contributed by atoms with Crippen molar-refractivity contribution in [2.45, 2.75) is 31.9 Å². The first-order valence-electron chi connectivity index (χ1n) is 6.12. The molecule has 3 nitrogen and oxygen atoms in total. The van der Waals surface area contributed by atoms with Crippen molar-refractivity contribution in [2.75, 3.05) is 12.3 Å². The van der Waals surface area contributed by atoms with Gasteiger partial charge in [-0.1, -0.05) is 24.3 Å². The molecule has 0 amide bonds. The molecule has 102 valence electrons. The Morgan fingerprint density at radius 1 is 1.33 bits per heavy atom. The first-order valence-corrected chi connectivity index (χ1v) is 7.39. The van der Waals surface area contributed by atoms with E-state index in [2.05, 4.69) is 24.3 Å². The van der Waals surface area contributed by atoms with Crippen LogP contribution in [0.5, 0.6) is 0 Å². The number of rotatable bonds is 4. The quantitative estimate of drug-likeness (QED) is 0.825. The van der Waals surface area contributed by atoms with Gasteiger partial charge in [0.1, 0.15) is 6.17 Å². The summed E-state index contributed by atoms with van der Waals surface area (Å²) in [7, 11) is 0. The first kappa shape index (κ1) is 15.3. The second-order valence-corrected chi connectivity index (χ2v) is 5.32. The van der Waals surface area contributed by atoms with Crippen LogP contribution >= 0.6 is 0 Å². The predicted molar refractivity (Wildman–Crippen MR) is 72.7 cm³/mol. The molecule has 5 heteroatoms. The van der Waals surface area contributed by atoms with Gasteiger partial charge in [-0.2, -0.15) is 0 Å². The smallest absolute Gasteiger partial charge is 0.152 e. The van der Waals surface area contributed by atoms with Gasteiger partial charge in [-0.3, -0.25) is 0 Å². The van der Waals surface area contributed by atoms with Crippen LogP contribution in [-0.4, -0.2) is 27.2 Å². The van der Waals surface area contributed by atoms with Crippen molar-refractivity contribution in [2.24, 2.45) is 5.73 Å². The number of fused-ring (bicyclic) bond motifs is 1. The lowest BCUT2D eigenvalue weighted by atomic mass is 10.1. The minimum absolute atomic E-state index is 0.0294. The van der Waals surface area contributed by atoms with Crippen LogP contribution in [0.1, 0.15) is 24.0 Å². The van der Waals surface area contributed by atoms with Crippen LogP contribution in [0.2, 0.25) is 0 Å². The highest BCUT2D eigenvalue weighted by atomic mass is 32.2. The number of nitrogens with two attached hydrogens (primary N) is 1. The molecule has 0 aliphatic heterocycles. The molecular weight excluding hydrogens is 253 g/mol. The highest BCUT2D eigenvalue weighted by Crippen LogP contribution is 2.20. The monoisotopic (exact) mass is 273 g/mol. The summed E-state index contributed by atoms with van der Waals surface area (Å²) in [6.45, 7) is -0.0722. The second kappa shape index (κ2) is 8.34. The van der Waals surface area contributed by atoms with Crippen molar-refractivity contribution in [3.63, 3.8) is 0 Å². The van der Waals surface area contributed by atoms with Gasteiger partial charge >= 0.3 is 0 Å². The summed E-state index contributed by atoms with van der Waals surface area (Å²) in [6, 6.07) is 8.74. The average molecular weight is 273 g/mol. The molecule has 0 saturated carbocycles. The van der Waals surface area contributed by atoms with E-state index in [0.29, 0.717) is 0 Å². The first-order chi connectivity index (χ1) is 8.63. The molecule has 0 bridgehead atoms. The molecule has 3 N–H and O–H groups in total. The summed E-state index contributed by atoms with van der Waals surface area (Å²) in [5.74, 6) is -0.0294. The fourth-order valence-corrected chi connectivity index (χ4v) is 2.32. The third-order valence-corrected chi connectivity index (χ3v) is 3.46. The molecule has 0 heterocycles. The fraction of sp³-hybridized carbons (Fsp3) is 0.538. The predicted octanol–water partition coefficient (Wildman–Crippen LogP) is 2.07. The maximum absolute atomic E-state index is 12.1. The minimum Gasteiger partial charge on any atom is -0.328 e. The van der Waals surface area contributed by atoms with Crippen LogP contribution in [-0.2, 0) is 23.9 Å². The summed E-state index contributed by atoms with van der Waals surface area (Å²) in [5.41, 5.74) is 8.04. The summed E-state index contributed by atoms with van der Waals surface area (Å²) >= 11 is -1.88. The Kier molecular flexibility index (Phi) is 7.08. The summed E-state index contributed by atoms with van der Waals surface area (Å²) in [5, 5.41) is 0. The molecule has 1 aliphatic rings. The summed E-state index contributed by atoms with van der Waals surface area (Å²) in [4.78, 5) is 0. The van der Waals surface area contributed by atoms with Crippen molar-refractivity contribution in [1.82, 2.24) is 0 Å². The zero-order valence-electron chi connectivity index (χ0n) is 10.3. The number of hydrogen-bond donors (Lipinski definition) is 2. The molecule has 1 aliphatic carbocycles. The second-order valence-electron chi connectivity index (χ2n) is 4.27. The molecule has 0 aromatic heterocycles. The molecule has 2 rings (SSSR count). The molecule has 0 saturated heterocycles. The zero-order valence-corrected chi connectivity index (χ0v) is 11.2. The Morgan fingerprint density at radius 3 is 2.33 bits per heavy atom. The Balaban J connectivity index is 0.000000180. The molecule has 1 aromatic rings. The van der Waals surface area contributed by atoms with Gasteiger partial charge in [-0.05, 0) is 36.8 Å². The van der Waals surface area contributed by atoms with E-state index in [0.717, 1.165) is 0 Å². The van der Waals surface area contributed by atoms with E-state index in [1.807, 2.05) is 0 Å². The van der Waals surface area contributed by atoms with Gasteiger partial charge in [0.25, 0.3) is 0 Å². The van der Waals surface area contributed by atoms with E-state index in [1.165, 1.54) is 19.3 Å². The summed E-state index contributed by atoms with van der Waals surface area (Å²) in [6.07, 6.45) is 2.90. The molecular formula is C13H20FNO2S. The molecule has 1 aromatic carbocycles. The SMILES string of the molecule is NCC(F)CCS(=O)O.c1ccc2c(c1)CCC2. The molecule has 2 atom stereocenters. The van der Waals surface area contributed by atoms with Crippen LogP contribution in [0.25, 0.3) is 0 Å². The zero-order chi connectivity index (χ0) is 13.4. The van der Waals surface area contributed by atoms with Crippen LogP contribution < -0.4 is 5.73 Å². The lowest BCUT2D eigenvalue weighted by molar-refractivity contribution is 0.333. The number of benzene rings is 1. The Labute approximate surface area is 110 Å². The van der Waals surface area contributed by atoms with Gasteiger partial charge in [0.05, 0.1) is 5.75 Å². The van der Waals surface area contributed by atoms with Crippen molar-refractivity contribution in [3.05, 3.63) is 35.4 Å². The highest BCUT2D eigenvalue weighted by molar-refractivity contribution is 7.79. The van der Waals surface area contributed by atoms with Crippen molar-refractivity contribution in [1.29, 1.82) is 0 Å². The van der Waals surface area contributed by atoms with E-state index in [1.54, 1.807) is 11.1 Å². The van der Waals surface area contributed by atoms with Crippen molar-refractivity contribution in [3.8, 4) is 0 Å². The van der Waals surface area contributed by atoms with Crippen LogP contribution in [0, 0.1) is 0 Å². The normalized spacial score (nSPS) is 16.4. The third-order valence-electron chi connectivity index (χ3n) is 2.87. The van der Waals surface area contributed by atoms with Crippen LogP contribution in [0.3, 0.4) is 0 Å². The largest absolute Gasteiger partial charge is 0.328 e. The van der Waals surface area contributed by atoms with Gasteiger partial charge in [-0.25, -0.2) is 8.60 Å². The van der Waals surface area contributed by atoms with Gasteiger partial charge in [0.15, 0.2) is 11.1 Å². The molecule has 18 heavy (non-hydrogen) atoms.